The molecule has 1 atom stereocenters. The van der Waals surface area contributed by atoms with Gasteiger partial charge in [0, 0.05) is 6.07 Å². The number of nitrogens with zero attached hydrogens (tertiary/aromatic N) is 1. The van der Waals surface area contributed by atoms with E-state index in [0.29, 0.717) is 5.56 Å². The summed E-state index contributed by atoms with van der Waals surface area (Å²) in [5, 5.41) is 23.9. The van der Waals surface area contributed by atoms with Crippen LogP contribution in [0.25, 0.3) is 0 Å². The van der Waals surface area contributed by atoms with Crippen LogP contribution in [0.2, 0.25) is 0 Å². The number of hydrogen-bond donors (Lipinski definition) is 2. The first-order valence-electron chi connectivity index (χ1n) is 6.92. The molecule has 24 heavy (non-hydrogen) atoms. The van der Waals surface area contributed by atoms with Gasteiger partial charge in [-0.3, -0.25) is 14.9 Å². The second-order valence-corrected chi connectivity index (χ2v) is 6.44. The molecular weight excluding hydrogens is 430 g/mol. The number of nitro benzene ring substituents is 1. The maximum atomic E-state index is 13.0. The molecule has 0 bridgehead atoms. The van der Waals surface area contributed by atoms with Crippen molar-refractivity contribution in [3.05, 3.63) is 73.1 Å². The monoisotopic (exact) mass is 444 g/mol. The number of amides is 1. The minimum atomic E-state index is -1.41. The SMILES string of the molecule is C[C@](O)(CNC(=O)c1cccc([N+](=O)[O-])c1I)c1ccc(F)cc1. The fourth-order valence-corrected chi connectivity index (χ4v) is 2.90. The van der Waals surface area contributed by atoms with Crippen LogP contribution in [0.5, 0.6) is 0 Å². The maximum Gasteiger partial charge on any atom is 0.283 e. The van der Waals surface area contributed by atoms with Crippen LogP contribution in [0.3, 0.4) is 0 Å². The number of benzene rings is 2. The molecular formula is C16H14FIN2O4. The molecule has 2 rings (SSSR count). The molecule has 6 nitrogen and oxygen atoms in total. The van der Waals surface area contributed by atoms with Gasteiger partial charge in [-0.15, -0.1) is 0 Å². The quantitative estimate of drug-likeness (QED) is 0.422. The van der Waals surface area contributed by atoms with Crippen LogP contribution in [0, 0.1) is 19.5 Å². The summed E-state index contributed by atoms with van der Waals surface area (Å²) in [6.07, 6.45) is 0. The van der Waals surface area contributed by atoms with Gasteiger partial charge in [-0.25, -0.2) is 4.39 Å². The first-order chi connectivity index (χ1) is 11.2. The van der Waals surface area contributed by atoms with Crippen molar-refractivity contribution in [1.82, 2.24) is 5.32 Å². The van der Waals surface area contributed by atoms with E-state index in [1.807, 2.05) is 0 Å². The first kappa shape index (κ1) is 18.3. The van der Waals surface area contributed by atoms with E-state index < -0.39 is 22.2 Å². The highest BCUT2D eigenvalue weighted by Crippen LogP contribution is 2.25. The molecule has 0 saturated heterocycles. The molecule has 0 spiro atoms. The molecule has 2 N–H and O–H groups in total. The third-order valence-electron chi connectivity index (χ3n) is 3.48. The molecule has 1 amide bonds. The summed E-state index contributed by atoms with van der Waals surface area (Å²) in [7, 11) is 0. The van der Waals surface area contributed by atoms with E-state index in [2.05, 4.69) is 5.32 Å². The smallest absolute Gasteiger partial charge is 0.283 e. The summed E-state index contributed by atoms with van der Waals surface area (Å²) in [5.41, 5.74) is -0.971. The lowest BCUT2D eigenvalue weighted by atomic mass is 9.96. The lowest BCUT2D eigenvalue weighted by Gasteiger charge is -2.24. The van der Waals surface area contributed by atoms with Gasteiger partial charge in [0.1, 0.15) is 15.0 Å². The maximum absolute atomic E-state index is 13.0. The third kappa shape index (κ3) is 4.06. The van der Waals surface area contributed by atoms with E-state index in [1.165, 1.54) is 49.4 Å². The average molecular weight is 444 g/mol. The highest BCUT2D eigenvalue weighted by molar-refractivity contribution is 14.1. The van der Waals surface area contributed by atoms with E-state index in [9.17, 15) is 24.4 Å². The minimum Gasteiger partial charge on any atom is -0.384 e. The van der Waals surface area contributed by atoms with Crippen LogP contribution < -0.4 is 5.32 Å². The fourth-order valence-electron chi connectivity index (χ4n) is 2.09. The van der Waals surface area contributed by atoms with Crippen molar-refractivity contribution in [3.8, 4) is 0 Å². The molecule has 0 aliphatic rings. The Morgan fingerprint density at radius 2 is 1.96 bits per heavy atom. The Labute approximate surface area is 151 Å². The molecule has 0 aromatic heterocycles. The van der Waals surface area contributed by atoms with Crippen LogP contribution in [-0.2, 0) is 5.60 Å². The summed E-state index contributed by atoms with van der Waals surface area (Å²) in [6.45, 7) is 1.36. The Morgan fingerprint density at radius 1 is 1.33 bits per heavy atom. The van der Waals surface area contributed by atoms with Gasteiger partial charge in [0.05, 0.1) is 17.0 Å². The second kappa shape index (κ2) is 7.22. The molecule has 0 unspecified atom stereocenters. The number of nitro groups is 1. The summed E-state index contributed by atoms with van der Waals surface area (Å²) in [5.74, 6) is -0.963. The van der Waals surface area contributed by atoms with E-state index >= 15 is 0 Å². The summed E-state index contributed by atoms with van der Waals surface area (Å²) < 4.78 is 13.2. The van der Waals surface area contributed by atoms with Crippen molar-refractivity contribution in [3.63, 3.8) is 0 Å². The molecule has 0 aliphatic carbocycles. The predicted molar refractivity (Wildman–Crippen MR) is 94.1 cm³/mol. The Hall–Kier alpha value is -2.07. The van der Waals surface area contributed by atoms with E-state index in [4.69, 9.17) is 0 Å². The molecule has 0 fully saturated rings. The molecule has 2 aromatic carbocycles. The largest absolute Gasteiger partial charge is 0.384 e. The van der Waals surface area contributed by atoms with E-state index in [1.54, 1.807) is 22.6 Å². The van der Waals surface area contributed by atoms with Gasteiger partial charge >= 0.3 is 0 Å². The molecule has 0 aliphatic heterocycles. The molecule has 0 radical (unpaired) electrons. The average Bonchev–Trinajstić information content (AvgIpc) is 2.53. The summed E-state index contributed by atoms with van der Waals surface area (Å²) in [4.78, 5) is 22.6. The number of aliphatic hydroxyl groups is 1. The molecule has 126 valence electrons. The number of halogens is 2. The molecule has 0 heterocycles. The number of rotatable bonds is 5. The predicted octanol–water partition coefficient (Wildman–Crippen LogP) is 2.98. The summed E-state index contributed by atoms with van der Waals surface area (Å²) >= 11 is 1.74. The van der Waals surface area contributed by atoms with E-state index in [-0.39, 0.29) is 21.4 Å². The van der Waals surface area contributed by atoms with Crippen molar-refractivity contribution in [1.29, 1.82) is 0 Å². The van der Waals surface area contributed by atoms with Gasteiger partial charge in [0.25, 0.3) is 11.6 Å². The number of nitrogens with one attached hydrogen (secondary N) is 1. The van der Waals surface area contributed by atoms with Crippen molar-refractivity contribution in [2.24, 2.45) is 0 Å². The van der Waals surface area contributed by atoms with Crippen LogP contribution >= 0.6 is 22.6 Å². The van der Waals surface area contributed by atoms with Crippen molar-refractivity contribution >= 4 is 34.2 Å². The summed E-state index contributed by atoms with van der Waals surface area (Å²) in [6, 6.07) is 9.50. The standard InChI is InChI=1S/C16H14FIN2O4/c1-16(22,10-5-7-11(17)8-6-10)9-19-15(21)12-3-2-4-13(14(12)18)20(23)24/h2-8,22H,9H2,1H3,(H,19,21)/t16-/m0/s1. The van der Waals surface area contributed by atoms with Crippen molar-refractivity contribution in [2.75, 3.05) is 6.54 Å². The Kier molecular flexibility index (Phi) is 5.50. The lowest BCUT2D eigenvalue weighted by molar-refractivity contribution is -0.385. The van der Waals surface area contributed by atoms with Gasteiger partial charge in [-0.1, -0.05) is 18.2 Å². The number of carbonyl (C=O) groups excluding carboxylic acids is 1. The Morgan fingerprint density at radius 3 is 2.54 bits per heavy atom. The highest BCUT2D eigenvalue weighted by Gasteiger charge is 2.25. The highest BCUT2D eigenvalue weighted by atomic mass is 127. The van der Waals surface area contributed by atoms with Crippen LogP contribution in [0.4, 0.5) is 10.1 Å². The van der Waals surface area contributed by atoms with Gasteiger partial charge in [0.15, 0.2) is 0 Å². The Bertz CT molecular complexity index is 778. The van der Waals surface area contributed by atoms with E-state index in [0.717, 1.165) is 0 Å². The van der Waals surface area contributed by atoms with Crippen LogP contribution in [0.1, 0.15) is 22.8 Å². The van der Waals surface area contributed by atoms with Crippen LogP contribution in [0.15, 0.2) is 42.5 Å². The Balaban J connectivity index is 2.14. The molecule has 8 heteroatoms. The zero-order chi connectivity index (χ0) is 17.9. The van der Waals surface area contributed by atoms with Gasteiger partial charge in [0.2, 0.25) is 0 Å². The van der Waals surface area contributed by atoms with Gasteiger partial charge in [-0.2, -0.15) is 0 Å². The lowest BCUT2D eigenvalue weighted by Crippen LogP contribution is -2.38. The van der Waals surface area contributed by atoms with Gasteiger partial charge < -0.3 is 10.4 Å². The zero-order valence-electron chi connectivity index (χ0n) is 12.6. The first-order valence-corrected chi connectivity index (χ1v) is 8.00. The normalized spacial score (nSPS) is 13.2. The fraction of sp³-hybridized carbons (Fsp3) is 0.188. The third-order valence-corrected chi connectivity index (χ3v) is 4.61. The molecule has 0 saturated carbocycles. The number of hydrogen-bond acceptors (Lipinski definition) is 4. The zero-order valence-corrected chi connectivity index (χ0v) is 14.8. The number of carbonyl (C=O) groups is 1. The van der Waals surface area contributed by atoms with Crippen molar-refractivity contribution < 1.29 is 19.2 Å². The second-order valence-electron chi connectivity index (χ2n) is 5.36. The van der Waals surface area contributed by atoms with Gasteiger partial charge in [-0.05, 0) is 53.3 Å². The van der Waals surface area contributed by atoms with Crippen molar-refractivity contribution in [2.45, 2.75) is 12.5 Å². The molecule has 2 aromatic rings. The minimum absolute atomic E-state index is 0.129. The van der Waals surface area contributed by atoms with Crippen LogP contribution in [-0.4, -0.2) is 22.5 Å². The topological polar surface area (TPSA) is 92.5 Å².